The van der Waals surface area contributed by atoms with Crippen molar-refractivity contribution in [1.29, 1.82) is 0 Å². The second kappa shape index (κ2) is 9.84. The number of nitrogens with one attached hydrogen (secondary N) is 3. The molecule has 0 bridgehead atoms. The van der Waals surface area contributed by atoms with Crippen molar-refractivity contribution in [3.63, 3.8) is 0 Å². The largest absolute Gasteiger partial charge is 0.497 e. The molecular weight excluding hydrogens is 386 g/mol. The van der Waals surface area contributed by atoms with Crippen LogP contribution in [0.15, 0.2) is 29.5 Å². The third-order valence-electron chi connectivity index (χ3n) is 5.85. The number of hydrogen-bond donors (Lipinski definition) is 3. The maximum Gasteiger partial charge on any atom is 0.338 e. The number of ether oxygens (including phenoxy) is 3. The summed E-state index contributed by atoms with van der Waals surface area (Å²) in [7, 11) is 3.32. The molecule has 0 spiro atoms. The number of carbonyl (C=O) groups is 2. The molecule has 30 heavy (non-hydrogen) atoms. The van der Waals surface area contributed by atoms with E-state index in [0.29, 0.717) is 30.8 Å². The van der Waals surface area contributed by atoms with E-state index in [1.54, 1.807) is 21.1 Å². The Balaban J connectivity index is 1.94. The minimum Gasteiger partial charge on any atom is -0.497 e. The Kier molecular flexibility index (Phi) is 7.20. The molecule has 2 amide bonds. The molecule has 0 radical (unpaired) electrons. The predicted octanol–water partition coefficient (Wildman–Crippen LogP) is 1.33. The molecule has 0 aromatic heterocycles. The van der Waals surface area contributed by atoms with Gasteiger partial charge >= 0.3 is 12.0 Å². The number of urea groups is 1. The molecule has 3 rings (SSSR count). The highest BCUT2D eigenvalue weighted by molar-refractivity contribution is 5.94. The van der Waals surface area contributed by atoms with Gasteiger partial charge in [0.1, 0.15) is 24.1 Å². The number of amides is 2. The van der Waals surface area contributed by atoms with Gasteiger partial charge in [0.15, 0.2) is 0 Å². The van der Waals surface area contributed by atoms with Gasteiger partial charge in [-0.3, -0.25) is 0 Å². The molecule has 0 aliphatic carbocycles. The molecule has 8 nitrogen and oxygen atoms in total. The third-order valence-corrected chi connectivity index (χ3v) is 5.85. The fourth-order valence-electron chi connectivity index (χ4n) is 4.44. The number of quaternary nitrogens is 1. The van der Waals surface area contributed by atoms with Crippen LogP contribution in [0, 0.1) is 0 Å². The van der Waals surface area contributed by atoms with Crippen molar-refractivity contribution < 1.29 is 28.7 Å². The van der Waals surface area contributed by atoms with Gasteiger partial charge in [-0.05, 0) is 31.5 Å². The van der Waals surface area contributed by atoms with E-state index in [2.05, 4.69) is 10.6 Å². The second-order valence-electron chi connectivity index (χ2n) is 7.56. The molecule has 0 saturated carbocycles. The topological polar surface area (TPSA) is 90.3 Å². The number of rotatable bonds is 8. The van der Waals surface area contributed by atoms with Crippen molar-refractivity contribution in [1.82, 2.24) is 10.6 Å². The van der Waals surface area contributed by atoms with E-state index < -0.39 is 0 Å². The fourth-order valence-corrected chi connectivity index (χ4v) is 4.44. The summed E-state index contributed by atoms with van der Waals surface area (Å²) >= 11 is 0. The van der Waals surface area contributed by atoms with Gasteiger partial charge in [0.05, 0.1) is 50.2 Å². The minimum atomic E-state index is -0.374. The van der Waals surface area contributed by atoms with E-state index in [9.17, 15) is 9.59 Å². The Labute approximate surface area is 177 Å². The predicted molar refractivity (Wildman–Crippen MR) is 112 cm³/mol. The number of carbonyl (C=O) groups excluding carboxylic acids is 2. The van der Waals surface area contributed by atoms with Crippen molar-refractivity contribution in [3.05, 3.63) is 35.0 Å². The lowest BCUT2D eigenvalue weighted by Gasteiger charge is -2.31. The van der Waals surface area contributed by atoms with E-state index >= 15 is 0 Å². The maximum absolute atomic E-state index is 12.7. The zero-order valence-electron chi connectivity index (χ0n) is 18.2. The number of benzene rings is 1. The molecule has 8 heteroatoms. The number of esters is 1. The normalized spacial score (nSPS) is 23.6. The second-order valence-corrected chi connectivity index (χ2v) is 7.56. The van der Waals surface area contributed by atoms with Crippen LogP contribution in [-0.2, 0) is 9.53 Å². The van der Waals surface area contributed by atoms with E-state index in [4.69, 9.17) is 14.2 Å². The monoisotopic (exact) mass is 418 g/mol. The van der Waals surface area contributed by atoms with Crippen LogP contribution in [0.5, 0.6) is 11.5 Å². The lowest BCUT2D eigenvalue weighted by molar-refractivity contribution is -0.914. The van der Waals surface area contributed by atoms with Crippen molar-refractivity contribution >= 4 is 12.0 Å². The maximum atomic E-state index is 12.7. The quantitative estimate of drug-likeness (QED) is 0.554. The first-order chi connectivity index (χ1) is 14.5. The van der Waals surface area contributed by atoms with E-state index in [-0.39, 0.29) is 24.1 Å². The molecule has 164 valence electrons. The Morgan fingerprint density at radius 1 is 1.23 bits per heavy atom. The van der Waals surface area contributed by atoms with Crippen molar-refractivity contribution in [3.8, 4) is 11.5 Å². The molecule has 1 unspecified atom stereocenters. The van der Waals surface area contributed by atoms with Gasteiger partial charge < -0.3 is 29.7 Å². The first-order valence-corrected chi connectivity index (χ1v) is 10.6. The van der Waals surface area contributed by atoms with E-state index in [0.717, 1.165) is 36.4 Å². The molecule has 2 aliphatic heterocycles. The fraction of sp³-hybridized carbons (Fsp3) is 0.545. The summed E-state index contributed by atoms with van der Waals surface area (Å²) in [4.78, 5) is 26.2. The third kappa shape index (κ3) is 4.53. The lowest BCUT2D eigenvalue weighted by Crippen LogP contribution is -3.10. The smallest absolute Gasteiger partial charge is 0.338 e. The van der Waals surface area contributed by atoms with E-state index in [1.165, 1.54) is 4.90 Å². The molecule has 2 aliphatic rings. The summed E-state index contributed by atoms with van der Waals surface area (Å²) in [6.07, 6.45) is 2.66. The van der Waals surface area contributed by atoms with Gasteiger partial charge in [-0.25, -0.2) is 9.59 Å². The van der Waals surface area contributed by atoms with Crippen LogP contribution in [0.4, 0.5) is 4.79 Å². The molecule has 1 fully saturated rings. The van der Waals surface area contributed by atoms with Gasteiger partial charge in [0.2, 0.25) is 0 Å². The Bertz CT molecular complexity index is 823. The van der Waals surface area contributed by atoms with Crippen LogP contribution in [0.2, 0.25) is 0 Å². The Morgan fingerprint density at radius 2 is 2.03 bits per heavy atom. The van der Waals surface area contributed by atoms with Crippen LogP contribution in [-0.4, -0.2) is 52.0 Å². The Morgan fingerprint density at radius 3 is 2.70 bits per heavy atom. The standard InChI is InChI=1S/C22H31N3O5/c1-5-16-20(21(26)30-6-2)17(24-22(27)23-16)13-25-11-7-8-18(25)15-12-14(28-3)9-10-19(15)29-4/h9-10,12,16,18H,5-8,11,13H2,1-4H3,(H2,23,24,27)/p+1/t16-,18+/m0/s1. The van der Waals surface area contributed by atoms with Crippen molar-refractivity contribution in [2.24, 2.45) is 0 Å². The van der Waals surface area contributed by atoms with Crippen LogP contribution >= 0.6 is 0 Å². The van der Waals surface area contributed by atoms with Crippen LogP contribution in [0.1, 0.15) is 44.7 Å². The molecule has 1 aromatic carbocycles. The summed E-state index contributed by atoms with van der Waals surface area (Å²) in [6.45, 7) is 5.48. The lowest BCUT2D eigenvalue weighted by atomic mass is 9.99. The summed E-state index contributed by atoms with van der Waals surface area (Å²) < 4.78 is 16.3. The number of hydrogen-bond acceptors (Lipinski definition) is 5. The highest BCUT2D eigenvalue weighted by atomic mass is 16.5. The summed E-state index contributed by atoms with van der Waals surface area (Å²) in [5.74, 6) is 1.23. The highest BCUT2D eigenvalue weighted by Crippen LogP contribution is 2.32. The number of methoxy groups -OCH3 is 2. The van der Waals surface area contributed by atoms with Crippen LogP contribution in [0.3, 0.4) is 0 Å². The zero-order valence-corrected chi connectivity index (χ0v) is 18.2. The first kappa shape index (κ1) is 22.0. The van der Waals surface area contributed by atoms with Crippen LogP contribution < -0.4 is 25.0 Å². The van der Waals surface area contributed by atoms with Gasteiger partial charge in [-0.1, -0.05) is 6.92 Å². The van der Waals surface area contributed by atoms with Gasteiger partial charge in [-0.15, -0.1) is 0 Å². The average molecular weight is 419 g/mol. The molecule has 1 aromatic rings. The summed E-state index contributed by atoms with van der Waals surface area (Å²) in [5.41, 5.74) is 2.25. The van der Waals surface area contributed by atoms with Crippen molar-refractivity contribution in [2.45, 2.75) is 45.2 Å². The van der Waals surface area contributed by atoms with Gasteiger partial charge in [-0.2, -0.15) is 0 Å². The number of likely N-dealkylation sites (tertiary alicyclic amines) is 1. The average Bonchev–Trinajstić information content (AvgIpc) is 3.20. The molecule has 3 N–H and O–H groups in total. The molecular formula is C22H32N3O5+. The van der Waals surface area contributed by atoms with Gasteiger partial charge in [0, 0.05) is 12.8 Å². The van der Waals surface area contributed by atoms with E-state index in [1.807, 2.05) is 25.1 Å². The Hall–Kier alpha value is -2.74. The molecule has 2 heterocycles. The summed E-state index contributed by atoms with van der Waals surface area (Å²) in [5, 5.41) is 5.70. The SMILES string of the molecule is CCOC(=O)C1=C(C[NH+]2CCC[C@@H]2c2cc(OC)ccc2OC)NC(=O)N[C@H]1CC. The molecule has 1 saturated heterocycles. The van der Waals surface area contributed by atoms with Crippen LogP contribution in [0.25, 0.3) is 0 Å². The summed E-state index contributed by atoms with van der Waals surface area (Å²) in [6, 6.07) is 5.38. The molecule has 3 atom stereocenters. The zero-order chi connectivity index (χ0) is 21.7. The minimum absolute atomic E-state index is 0.179. The first-order valence-electron chi connectivity index (χ1n) is 10.6. The highest BCUT2D eigenvalue weighted by Gasteiger charge is 2.37. The van der Waals surface area contributed by atoms with Crippen molar-refractivity contribution in [2.75, 3.05) is 33.9 Å². The van der Waals surface area contributed by atoms with Gasteiger partial charge in [0.25, 0.3) is 0 Å².